The van der Waals surface area contributed by atoms with Gasteiger partial charge in [0.25, 0.3) is 0 Å². The number of amides is 1. The molecule has 1 amide bonds. The molecule has 0 saturated carbocycles. The van der Waals surface area contributed by atoms with Crippen molar-refractivity contribution in [3.63, 3.8) is 0 Å². The fraction of sp³-hybridized carbons (Fsp3) is 0.400. The summed E-state index contributed by atoms with van der Waals surface area (Å²) in [4.78, 5) is 16.7. The number of hydrogen-bond donors (Lipinski definition) is 3. The molecule has 3 N–H and O–H groups in total. The van der Waals surface area contributed by atoms with E-state index in [1.165, 1.54) is 5.56 Å². The zero-order chi connectivity index (χ0) is 18.8. The first-order valence-electron chi connectivity index (χ1n) is 9.05. The van der Waals surface area contributed by atoms with E-state index in [0.29, 0.717) is 13.1 Å². The van der Waals surface area contributed by atoms with Gasteiger partial charge in [-0.1, -0.05) is 26.0 Å². The Hall–Kier alpha value is -2.34. The van der Waals surface area contributed by atoms with Gasteiger partial charge < -0.3 is 16.0 Å². The van der Waals surface area contributed by atoms with Crippen molar-refractivity contribution in [3.8, 4) is 0 Å². The molecule has 0 fully saturated rings. The fourth-order valence-corrected chi connectivity index (χ4v) is 2.95. The van der Waals surface area contributed by atoms with E-state index in [1.54, 1.807) is 11.3 Å². The van der Waals surface area contributed by atoms with Gasteiger partial charge in [-0.05, 0) is 53.4 Å². The van der Waals surface area contributed by atoms with Crippen LogP contribution in [0.5, 0.6) is 0 Å². The Morgan fingerprint density at radius 1 is 1.19 bits per heavy atom. The second-order valence-corrected chi connectivity index (χ2v) is 6.96. The Bertz CT molecular complexity index is 712. The third-order valence-corrected chi connectivity index (χ3v) is 4.79. The average Bonchev–Trinajstić information content (AvgIpc) is 3.17. The number of anilines is 1. The zero-order valence-corrected chi connectivity index (χ0v) is 16.5. The maximum atomic E-state index is 12.0. The second kappa shape index (κ2) is 10.6. The van der Waals surface area contributed by atoms with Gasteiger partial charge in [0, 0.05) is 24.7 Å². The summed E-state index contributed by atoms with van der Waals surface area (Å²) < 4.78 is 0. The number of aliphatic imine (C=N–C) groups is 1. The van der Waals surface area contributed by atoms with Crippen molar-refractivity contribution in [1.82, 2.24) is 10.6 Å². The molecule has 1 atom stereocenters. The highest BCUT2D eigenvalue weighted by Gasteiger charge is 2.10. The van der Waals surface area contributed by atoms with E-state index in [-0.39, 0.29) is 11.8 Å². The number of guanidine groups is 1. The van der Waals surface area contributed by atoms with Crippen LogP contribution in [-0.2, 0) is 17.9 Å². The number of nitrogens with zero attached hydrogens (tertiary/aromatic N) is 1. The van der Waals surface area contributed by atoms with Crippen LogP contribution in [0.3, 0.4) is 0 Å². The van der Waals surface area contributed by atoms with Crippen LogP contribution in [0.2, 0.25) is 0 Å². The molecule has 0 radical (unpaired) electrons. The quantitative estimate of drug-likeness (QED) is 0.485. The Balaban J connectivity index is 1.94. The Morgan fingerprint density at radius 3 is 2.73 bits per heavy atom. The van der Waals surface area contributed by atoms with Gasteiger partial charge in [-0.15, -0.1) is 0 Å². The van der Waals surface area contributed by atoms with Crippen molar-refractivity contribution in [3.05, 3.63) is 52.2 Å². The van der Waals surface area contributed by atoms with E-state index in [4.69, 9.17) is 0 Å². The highest BCUT2D eigenvalue weighted by molar-refractivity contribution is 7.07. The average molecular weight is 373 g/mol. The molecule has 0 saturated heterocycles. The number of thiophene rings is 1. The predicted octanol–water partition coefficient (Wildman–Crippen LogP) is 3.99. The number of carbonyl (C=O) groups is 1. The lowest BCUT2D eigenvalue weighted by Gasteiger charge is -2.13. The second-order valence-electron chi connectivity index (χ2n) is 6.18. The summed E-state index contributed by atoms with van der Waals surface area (Å²) >= 11 is 1.68. The minimum absolute atomic E-state index is 0.0152. The van der Waals surface area contributed by atoms with Crippen LogP contribution in [0.25, 0.3) is 0 Å². The van der Waals surface area contributed by atoms with Crippen LogP contribution < -0.4 is 16.0 Å². The van der Waals surface area contributed by atoms with Gasteiger partial charge in [-0.3, -0.25) is 4.79 Å². The maximum absolute atomic E-state index is 12.0. The molecule has 0 aliphatic heterocycles. The zero-order valence-electron chi connectivity index (χ0n) is 15.7. The lowest BCUT2D eigenvalue weighted by atomic mass is 10.1. The molecule has 1 aromatic heterocycles. The molecule has 2 aromatic rings. The van der Waals surface area contributed by atoms with Crippen LogP contribution >= 0.6 is 11.3 Å². The summed E-state index contributed by atoms with van der Waals surface area (Å²) in [5.41, 5.74) is 3.13. The fourth-order valence-electron chi connectivity index (χ4n) is 2.29. The first-order valence-corrected chi connectivity index (χ1v) is 9.99. The first kappa shape index (κ1) is 20.0. The summed E-state index contributed by atoms with van der Waals surface area (Å²) in [6, 6.07) is 9.99. The molecule has 0 bridgehead atoms. The molecule has 1 unspecified atom stereocenters. The third kappa shape index (κ3) is 6.52. The molecular weight excluding hydrogens is 344 g/mol. The maximum Gasteiger partial charge on any atom is 0.227 e. The standard InChI is InChI=1S/C20H28N4OS/c1-4-15(3)19(25)24-18-8-6-7-16(11-18)12-22-20(21-5-2)23-13-17-9-10-26-14-17/h6-11,14-15H,4-5,12-13H2,1-3H3,(H,24,25)(H2,21,22,23). The van der Waals surface area contributed by atoms with Crippen molar-refractivity contribution >= 4 is 28.9 Å². The van der Waals surface area contributed by atoms with Crippen LogP contribution in [-0.4, -0.2) is 18.4 Å². The van der Waals surface area contributed by atoms with E-state index < -0.39 is 0 Å². The Labute approximate surface area is 159 Å². The SMILES string of the molecule is CCNC(=NCc1ccsc1)NCc1cccc(NC(=O)C(C)CC)c1. The third-order valence-electron chi connectivity index (χ3n) is 4.06. The number of hydrogen-bond acceptors (Lipinski definition) is 3. The van der Waals surface area contributed by atoms with E-state index in [9.17, 15) is 4.79 Å². The predicted molar refractivity (Wildman–Crippen MR) is 111 cm³/mol. The summed E-state index contributed by atoms with van der Waals surface area (Å²) in [7, 11) is 0. The lowest BCUT2D eigenvalue weighted by molar-refractivity contribution is -0.119. The minimum atomic E-state index is 0.0152. The summed E-state index contributed by atoms with van der Waals surface area (Å²) in [6.45, 7) is 8.11. The first-order chi connectivity index (χ1) is 12.6. The van der Waals surface area contributed by atoms with E-state index in [0.717, 1.165) is 30.2 Å². The van der Waals surface area contributed by atoms with E-state index >= 15 is 0 Å². The van der Waals surface area contributed by atoms with E-state index in [1.807, 2.05) is 45.0 Å². The molecule has 2 rings (SSSR count). The van der Waals surface area contributed by atoms with Crippen LogP contribution in [0.4, 0.5) is 5.69 Å². The van der Waals surface area contributed by atoms with Crippen LogP contribution in [0.1, 0.15) is 38.3 Å². The molecule has 140 valence electrons. The molecule has 6 heteroatoms. The van der Waals surface area contributed by atoms with Gasteiger partial charge in [-0.2, -0.15) is 11.3 Å². The molecule has 26 heavy (non-hydrogen) atoms. The minimum Gasteiger partial charge on any atom is -0.357 e. The molecule has 5 nitrogen and oxygen atoms in total. The summed E-state index contributed by atoms with van der Waals surface area (Å²) in [5, 5.41) is 13.7. The van der Waals surface area contributed by atoms with Gasteiger partial charge in [0.15, 0.2) is 5.96 Å². The molecule has 0 spiro atoms. The van der Waals surface area contributed by atoms with E-state index in [2.05, 4.69) is 37.8 Å². The highest BCUT2D eigenvalue weighted by Crippen LogP contribution is 2.13. The molecule has 0 aliphatic carbocycles. The van der Waals surface area contributed by atoms with Crippen molar-refractivity contribution < 1.29 is 4.79 Å². The van der Waals surface area contributed by atoms with Gasteiger partial charge in [-0.25, -0.2) is 4.99 Å². The van der Waals surface area contributed by atoms with Gasteiger partial charge >= 0.3 is 0 Å². The van der Waals surface area contributed by atoms with Crippen molar-refractivity contribution in [2.24, 2.45) is 10.9 Å². The molecule has 0 aliphatic rings. The van der Waals surface area contributed by atoms with Crippen molar-refractivity contribution in [1.29, 1.82) is 0 Å². The number of nitrogens with one attached hydrogen (secondary N) is 3. The molecule has 1 aromatic carbocycles. The topological polar surface area (TPSA) is 65.5 Å². The molecular formula is C20H28N4OS. The Morgan fingerprint density at radius 2 is 2.04 bits per heavy atom. The Kier molecular flexibility index (Phi) is 8.15. The number of rotatable bonds is 8. The van der Waals surface area contributed by atoms with Gasteiger partial charge in [0.1, 0.15) is 0 Å². The van der Waals surface area contributed by atoms with Gasteiger partial charge in [0.2, 0.25) is 5.91 Å². The number of benzene rings is 1. The summed E-state index contributed by atoms with van der Waals surface area (Å²) in [6.07, 6.45) is 0.833. The largest absolute Gasteiger partial charge is 0.357 e. The molecule has 1 heterocycles. The van der Waals surface area contributed by atoms with Gasteiger partial charge in [0.05, 0.1) is 6.54 Å². The van der Waals surface area contributed by atoms with Crippen LogP contribution in [0.15, 0.2) is 46.1 Å². The lowest BCUT2D eigenvalue weighted by Crippen LogP contribution is -2.36. The smallest absolute Gasteiger partial charge is 0.227 e. The highest BCUT2D eigenvalue weighted by atomic mass is 32.1. The van der Waals surface area contributed by atoms with Crippen molar-refractivity contribution in [2.45, 2.75) is 40.3 Å². The van der Waals surface area contributed by atoms with Crippen LogP contribution in [0, 0.1) is 5.92 Å². The number of carbonyl (C=O) groups excluding carboxylic acids is 1. The monoisotopic (exact) mass is 372 g/mol. The normalized spacial score (nSPS) is 12.5. The van der Waals surface area contributed by atoms with Crippen molar-refractivity contribution in [2.75, 3.05) is 11.9 Å². The summed E-state index contributed by atoms with van der Waals surface area (Å²) in [5.74, 6) is 0.859.